The van der Waals surface area contributed by atoms with Crippen molar-refractivity contribution in [3.63, 3.8) is 0 Å². The Morgan fingerprint density at radius 3 is 2.74 bits per heavy atom. The molecule has 0 aliphatic rings. The summed E-state index contributed by atoms with van der Waals surface area (Å²) in [6.07, 6.45) is -3.33. The van der Waals surface area contributed by atoms with Crippen molar-refractivity contribution >= 4 is 11.6 Å². The lowest BCUT2D eigenvalue weighted by molar-refractivity contribution is -0.154. The second-order valence-corrected chi connectivity index (χ2v) is 4.73. The van der Waals surface area contributed by atoms with Gasteiger partial charge in [-0.05, 0) is 36.8 Å². The molecule has 0 spiro atoms. The third-order valence-electron chi connectivity index (χ3n) is 2.79. The van der Waals surface area contributed by atoms with E-state index in [0.29, 0.717) is 0 Å². The Kier molecular flexibility index (Phi) is 4.73. The molecule has 122 valence electrons. The van der Waals surface area contributed by atoms with E-state index < -0.39 is 24.6 Å². The fraction of sp³-hybridized carbons (Fsp3) is 0.200. The van der Waals surface area contributed by atoms with Crippen molar-refractivity contribution in [3.05, 3.63) is 47.7 Å². The van der Waals surface area contributed by atoms with Gasteiger partial charge in [0.2, 0.25) is 5.88 Å². The molecule has 1 heterocycles. The number of aromatic nitrogens is 1. The molecule has 0 atom stereocenters. The first-order valence-corrected chi connectivity index (χ1v) is 6.52. The number of nitrogens with one attached hydrogen (secondary N) is 1. The van der Waals surface area contributed by atoms with Crippen LogP contribution >= 0.6 is 0 Å². The lowest BCUT2D eigenvalue weighted by Gasteiger charge is -2.12. The minimum Gasteiger partial charge on any atom is -0.506 e. The fourth-order valence-corrected chi connectivity index (χ4v) is 1.77. The molecular formula is C15H13F3N2O3. The smallest absolute Gasteiger partial charge is 0.422 e. The van der Waals surface area contributed by atoms with Crippen LogP contribution in [0.3, 0.4) is 0 Å². The summed E-state index contributed by atoms with van der Waals surface area (Å²) < 4.78 is 41.2. The second kappa shape index (κ2) is 6.55. The maximum absolute atomic E-state index is 12.2. The van der Waals surface area contributed by atoms with Crippen LogP contribution < -0.4 is 10.1 Å². The van der Waals surface area contributed by atoms with Crippen LogP contribution in [-0.2, 0) is 0 Å². The lowest BCUT2D eigenvalue weighted by atomic mass is 10.2. The predicted octanol–water partition coefficient (Wildman–Crippen LogP) is 3.29. The number of phenols is 1. The Labute approximate surface area is 129 Å². The number of carbonyl (C=O) groups excluding carboxylic acids is 1. The van der Waals surface area contributed by atoms with Crippen LogP contribution in [0.5, 0.6) is 11.6 Å². The number of aryl methyl sites for hydroxylation is 1. The Balaban J connectivity index is 2.19. The van der Waals surface area contributed by atoms with Gasteiger partial charge in [-0.25, -0.2) is 4.98 Å². The summed E-state index contributed by atoms with van der Waals surface area (Å²) in [5.74, 6) is -1.33. The number of amides is 1. The van der Waals surface area contributed by atoms with Gasteiger partial charge >= 0.3 is 6.18 Å². The van der Waals surface area contributed by atoms with E-state index in [0.717, 1.165) is 5.56 Å². The average Bonchev–Trinajstić information content (AvgIpc) is 2.47. The Hall–Kier alpha value is -2.77. The molecule has 0 fully saturated rings. The second-order valence-electron chi connectivity index (χ2n) is 4.73. The molecule has 0 saturated carbocycles. The quantitative estimate of drug-likeness (QED) is 0.846. The van der Waals surface area contributed by atoms with E-state index in [1.807, 2.05) is 0 Å². The van der Waals surface area contributed by atoms with E-state index in [-0.39, 0.29) is 17.0 Å². The highest BCUT2D eigenvalue weighted by Crippen LogP contribution is 2.26. The maximum Gasteiger partial charge on any atom is 0.422 e. The Morgan fingerprint density at radius 2 is 2.09 bits per heavy atom. The summed E-state index contributed by atoms with van der Waals surface area (Å²) in [7, 11) is 0. The van der Waals surface area contributed by atoms with Gasteiger partial charge in [0, 0.05) is 6.20 Å². The van der Waals surface area contributed by atoms with E-state index in [1.54, 1.807) is 13.0 Å². The molecule has 2 aromatic rings. The summed E-state index contributed by atoms with van der Waals surface area (Å²) in [5.41, 5.74) is 0.749. The van der Waals surface area contributed by atoms with Crippen LogP contribution in [0, 0.1) is 6.92 Å². The number of anilines is 1. The van der Waals surface area contributed by atoms with Crippen molar-refractivity contribution in [2.24, 2.45) is 0 Å². The SMILES string of the molecule is Cc1ccc(NC(=O)c2cccnc2OCC(F)(F)F)c(O)c1. The highest BCUT2D eigenvalue weighted by molar-refractivity contribution is 6.06. The van der Waals surface area contributed by atoms with Crippen LogP contribution in [0.25, 0.3) is 0 Å². The summed E-state index contributed by atoms with van der Waals surface area (Å²) in [6.45, 7) is 0.204. The average molecular weight is 326 g/mol. The zero-order valence-corrected chi connectivity index (χ0v) is 12.0. The molecule has 23 heavy (non-hydrogen) atoms. The Bertz CT molecular complexity index is 717. The van der Waals surface area contributed by atoms with Gasteiger partial charge in [-0.3, -0.25) is 4.79 Å². The lowest BCUT2D eigenvalue weighted by Crippen LogP contribution is -2.22. The number of carbonyl (C=O) groups is 1. The molecule has 0 saturated heterocycles. The van der Waals surface area contributed by atoms with Crippen molar-refractivity contribution in [3.8, 4) is 11.6 Å². The van der Waals surface area contributed by atoms with E-state index >= 15 is 0 Å². The number of alkyl halides is 3. The first kappa shape index (κ1) is 16.6. The highest BCUT2D eigenvalue weighted by Gasteiger charge is 2.29. The van der Waals surface area contributed by atoms with Crippen LogP contribution in [0.1, 0.15) is 15.9 Å². The monoisotopic (exact) mass is 326 g/mol. The topological polar surface area (TPSA) is 71.5 Å². The first-order chi connectivity index (χ1) is 10.8. The molecule has 1 amide bonds. The molecule has 2 N–H and O–H groups in total. The summed E-state index contributed by atoms with van der Waals surface area (Å²) in [5, 5.41) is 12.2. The number of phenolic OH excluding ortho intramolecular Hbond substituents is 1. The number of aromatic hydroxyl groups is 1. The molecular weight excluding hydrogens is 313 g/mol. The summed E-state index contributed by atoms with van der Waals surface area (Å²) >= 11 is 0. The van der Waals surface area contributed by atoms with Crippen molar-refractivity contribution in [2.75, 3.05) is 11.9 Å². The summed E-state index contributed by atoms with van der Waals surface area (Å²) in [4.78, 5) is 15.8. The number of halogens is 3. The molecule has 0 unspecified atom stereocenters. The predicted molar refractivity (Wildman–Crippen MR) is 76.6 cm³/mol. The number of hydrogen-bond donors (Lipinski definition) is 2. The zero-order valence-electron chi connectivity index (χ0n) is 12.0. The number of benzene rings is 1. The van der Waals surface area contributed by atoms with Gasteiger partial charge < -0.3 is 15.2 Å². The number of nitrogens with zero attached hydrogens (tertiary/aromatic N) is 1. The highest BCUT2D eigenvalue weighted by atomic mass is 19.4. The van der Waals surface area contributed by atoms with Crippen molar-refractivity contribution in [2.45, 2.75) is 13.1 Å². The van der Waals surface area contributed by atoms with Gasteiger partial charge in [0.15, 0.2) is 6.61 Å². The van der Waals surface area contributed by atoms with E-state index in [4.69, 9.17) is 0 Å². The number of ether oxygens (including phenoxy) is 1. The van der Waals surface area contributed by atoms with Gasteiger partial charge in [-0.1, -0.05) is 6.07 Å². The van der Waals surface area contributed by atoms with Crippen molar-refractivity contribution in [1.29, 1.82) is 0 Å². The molecule has 1 aromatic carbocycles. The zero-order chi connectivity index (χ0) is 17.0. The van der Waals surface area contributed by atoms with Crippen LogP contribution in [0.4, 0.5) is 18.9 Å². The molecule has 5 nitrogen and oxygen atoms in total. The molecule has 2 rings (SSSR count). The number of rotatable bonds is 4. The molecule has 8 heteroatoms. The van der Waals surface area contributed by atoms with Crippen molar-refractivity contribution in [1.82, 2.24) is 4.98 Å². The van der Waals surface area contributed by atoms with Gasteiger partial charge in [-0.2, -0.15) is 13.2 Å². The number of hydrogen-bond acceptors (Lipinski definition) is 4. The maximum atomic E-state index is 12.2. The summed E-state index contributed by atoms with van der Waals surface area (Å²) in [6, 6.07) is 7.26. The normalized spacial score (nSPS) is 11.1. The molecule has 0 bridgehead atoms. The Morgan fingerprint density at radius 1 is 1.35 bits per heavy atom. The van der Waals surface area contributed by atoms with Gasteiger partial charge in [0.1, 0.15) is 11.3 Å². The van der Waals surface area contributed by atoms with Crippen molar-refractivity contribution < 1.29 is 27.8 Å². The largest absolute Gasteiger partial charge is 0.506 e. The third kappa shape index (κ3) is 4.60. The third-order valence-corrected chi connectivity index (χ3v) is 2.79. The van der Waals surface area contributed by atoms with Gasteiger partial charge in [0.05, 0.1) is 5.69 Å². The van der Waals surface area contributed by atoms with Crippen LogP contribution in [0.15, 0.2) is 36.5 Å². The molecule has 0 aliphatic carbocycles. The minimum absolute atomic E-state index is 0.131. The van der Waals surface area contributed by atoms with E-state index in [1.165, 1.54) is 30.5 Å². The molecule has 0 aliphatic heterocycles. The van der Waals surface area contributed by atoms with Gasteiger partial charge in [-0.15, -0.1) is 0 Å². The van der Waals surface area contributed by atoms with Gasteiger partial charge in [0.25, 0.3) is 5.91 Å². The fourth-order valence-electron chi connectivity index (χ4n) is 1.77. The molecule has 1 aromatic heterocycles. The van der Waals surface area contributed by atoms with E-state index in [2.05, 4.69) is 15.0 Å². The van der Waals surface area contributed by atoms with E-state index in [9.17, 15) is 23.1 Å². The standard InChI is InChI=1S/C15H13F3N2O3/c1-9-4-5-11(12(21)7-9)20-13(22)10-3-2-6-19-14(10)23-8-15(16,17)18/h2-7,21H,8H2,1H3,(H,20,22). The van der Waals surface area contributed by atoms with Crippen LogP contribution in [0.2, 0.25) is 0 Å². The minimum atomic E-state index is -4.54. The first-order valence-electron chi connectivity index (χ1n) is 6.52. The number of pyridine rings is 1. The molecule has 0 radical (unpaired) electrons. The van der Waals surface area contributed by atoms with Crippen LogP contribution in [-0.4, -0.2) is 28.8 Å².